The molecular formula is C6H9N. The van der Waals surface area contributed by atoms with Crippen molar-refractivity contribution >= 4 is 6.21 Å². The fourth-order valence-electron chi connectivity index (χ4n) is 0.284. The Bertz CT molecular complexity index is 88.8. The van der Waals surface area contributed by atoms with Crippen LogP contribution in [0, 0.1) is 23.7 Å². The average molecular weight is 95.1 g/mol. The highest BCUT2D eigenvalue weighted by Crippen LogP contribution is 1.92. The van der Waals surface area contributed by atoms with Crippen molar-refractivity contribution in [3.8, 4) is 12.3 Å². The highest BCUT2D eigenvalue weighted by Gasteiger charge is 1.90. The molecule has 0 aromatic rings. The lowest BCUT2D eigenvalue weighted by atomic mass is 10.1. The van der Waals surface area contributed by atoms with Gasteiger partial charge in [0.25, 0.3) is 0 Å². The molecule has 0 aromatic carbocycles. The Labute approximate surface area is 44.2 Å². The second-order valence-electron chi connectivity index (χ2n) is 1.35. The van der Waals surface area contributed by atoms with Crippen LogP contribution in [0.15, 0.2) is 0 Å². The Morgan fingerprint density at radius 2 is 2.57 bits per heavy atom. The van der Waals surface area contributed by atoms with Crippen LogP contribution < -0.4 is 0 Å². The van der Waals surface area contributed by atoms with Crippen molar-refractivity contribution in [2.24, 2.45) is 5.92 Å². The van der Waals surface area contributed by atoms with Gasteiger partial charge in [-0.1, -0.05) is 12.8 Å². The number of rotatable bonds is 2. The van der Waals surface area contributed by atoms with E-state index >= 15 is 0 Å². The van der Waals surface area contributed by atoms with E-state index in [0.29, 0.717) is 0 Å². The SMILES string of the molecule is C#CC(C=N)CC. The fraction of sp³-hybridized carbons (Fsp3) is 0.500. The first-order chi connectivity index (χ1) is 3.35. The summed E-state index contributed by atoms with van der Waals surface area (Å²) in [5.74, 6) is 2.51. The Kier molecular flexibility index (Phi) is 3.04. The Balaban J connectivity index is 3.43. The molecular weight excluding hydrogens is 86.1 g/mol. The summed E-state index contributed by atoms with van der Waals surface area (Å²) in [7, 11) is 0. The second kappa shape index (κ2) is 3.42. The molecule has 1 nitrogen and oxygen atoms in total. The van der Waals surface area contributed by atoms with Crippen molar-refractivity contribution in [3.05, 3.63) is 0 Å². The molecule has 1 unspecified atom stereocenters. The lowest BCUT2D eigenvalue weighted by Gasteiger charge is -1.92. The predicted octanol–water partition coefficient (Wildman–Crippen LogP) is 1.30. The number of nitrogens with one attached hydrogen (secondary N) is 1. The Hall–Kier alpha value is -0.770. The van der Waals surface area contributed by atoms with E-state index in [2.05, 4.69) is 5.92 Å². The smallest absolute Gasteiger partial charge is 0.0543 e. The summed E-state index contributed by atoms with van der Waals surface area (Å²) in [6.45, 7) is 1.97. The van der Waals surface area contributed by atoms with Crippen LogP contribution in [0.25, 0.3) is 0 Å². The monoisotopic (exact) mass is 95.1 g/mol. The fourth-order valence-corrected chi connectivity index (χ4v) is 0.284. The predicted molar refractivity (Wildman–Crippen MR) is 31.4 cm³/mol. The van der Waals surface area contributed by atoms with Gasteiger partial charge in [0.1, 0.15) is 0 Å². The van der Waals surface area contributed by atoms with Crippen LogP contribution in [0.1, 0.15) is 13.3 Å². The normalized spacial score (nSPS) is 12.0. The van der Waals surface area contributed by atoms with E-state index in [1.54, 1.807) is 0 Å². The molecule has 0 heterocycles. The van der Waals surface area contributed by atoms with Crippen molar-refractivity contribution < 1.29 is 0 Å². The molecule has 7 heavy (non-hydrogen) atoms. The maximum atomic E-state index is 6.69. The van der Waals surface area contributed by atoms with Crippen LogP contribution in [-0.2, 0) is 0 Å². The summed E-state index contributed by atoms with van der Waals surface area (Å²) in [5.41, 5.74) is 0. The van der Waals surface area contributed by atoms with Gasteiger partial charge in [0.15, 0.2) is 0 Å². The van der Waals surface area contributed by atoms with Gasteiger partial charge < -0.3 is 5.41 Å². The van der Waals surface area contributed by atoms with Gasteiger partial charge in [-0.05, 0) is 6.42 Å². The van der Waals surface area contributed by atoms with Crippen LogP contribution in [0.5, 0.6) is 0 Å². The minimum atomic E-state index is 0.0556. The van der Waals surface area contributed by atoms with Gasteiger partial charge in [-0.2, -0.15) is 0 Å². The highest BCUT2D eigenvalue weighted by atomic mass is 14.3. The number of terminal acetylenes is 1. The van der Waals surface area contributed by atoms with E-state index in [0.717, 1.165) is 6.42 Å². The van der Waals surface area contributed by atoms with Gasteiger partial charge in [0.2, 0.25) is 0 Å². The molecule has 0 amide bonds. The molecule has 38 valence electrons. The number of hydrogen-bond acceptors (Lipinski definition) is 1. The first-order valence-electron chi connectivity index (χ1n) is 2.31. The molecule has 0 aliphatic carbocycles. The minimum Gasteiger partial charge on any atom is -0.312 e. The quantitative estimate of drug-likeness (QED) is 0.395. The zero-order valence-electron chi connectivity index (χ0n) is 4.44. The molecule has 1 heteroatoms. The van der Waals surface area contributed by atoms with E-state index < -0.39 is 0 Å². The third-order valence-electron chi connectivity index (χ3n) is 0.855. The lowest BCUT2D eigenvalue weighted by molar-refractivity contribution is 0.855. The molecule has 0 rings (SSSR count). The standard InChI is InChI=1S/C6H9N/c1-3-6(4-2)5-7/h1,5-7H,4H2,2H3. The maximum absolute atomic E-state index is 6.69. The van der Waals surface area contributed by atoms with E-state index in [-0.39, 0.29) is 5.92 Å². The molecule has 0 bridgehead atoms. The summed E-state index contributed by atoms with van der Waals surface area (Å²) in [4.78, 5) is 0. The molecule has 0 fully saturated rings. The van der Waals surface area contributed by atoms with E-state index in [1.807, 2.05) is 6.92 Å². The summed E-state index contributed by atoms with van der Waals surface area (Å²) in [6, 6.07) is 0. The summed E-state index contributed by atoms with van der Waals surface area (Å²) >= 11 is 0. The van der Waals surface area contributed by atoms with E-state index in [9.17, 15) is 0 Å². The third kappa shape index (κ3) is 1.99. The van der Waals surface area contributed by atoms with Crippen LogP contribution in [-0.4, -0.2) is 6.21 Å². The molecule has 0 aliphatic rings. The van der Waals surface area contributed by atoms with Gasteiger partial charge in [-0.15, -0.1) is 6.42 Å². The van der Waals surface area contributed by atoms with Crippen molar-refractivity contribution in [2.45, 2.75) is 13.3 Å². The van der Waals surface area contributed by atoms with Crippen LogP contribution in [0.4, 0.5) is 0 Å². The molecule has 0 radical (unpaired) electrons. The number of hydrogen-bond donors (Lipinski definition) is 1. The Morgan fingerprint density at radius 1 is 2.00 bits per heavy atom. The molecule has 0 aliphatic heterocycles. The van der Waals surface area contributed by atoms with Crippen molar-refractivity contribution in [2.75, 3.05) is 0 Å². The van der Waals surface area contributed by atoms with Crippen molar-refractivity contribution in [1.29, 1.82) is 5.41 Å². The first kappa shape index (κ1) is 6.23. The van der Waals surface area contributed by atoms with Crippen LogP contribution >= 0.6 is 0 Å². The van der Waals surface area contributed by atoms with Crippen LogP contribution in [0.2, 0.25) is 0 Å². The molecule has 0 saturated carbocycles. The molecule has 0 aromatic heterocycles. The highest BCUT2D eigenvalue weighted by molar-refractivity contribution is 5.60. The first-order valence-corrected chi connectivity index (χ1v) is 2.31. The zero-order chi connectivity index (χ0) is 5.70. The van der Waals surface area contributed by atoms with E-state index in [1.165, 1.54) is 6.21 Å². The van der Waals surface area contributed by atoms with Crippen molar-refractivity contribution in [3.63, 3.8) is 0 Å². The van der Waals surface area contributed by atoms with Gasteiger partial charge in [0, 0.05) is 6.21 Å². The third-order valence-corrected chi connectivity index (χ3v) is 0.855. The molecule has 1 N–H and O–H groups in total. The molecule has 0 spiro atoms. The summed E-state index contributed by atoms with van der Waals surface area (Å²) in [5, 5.41) is 6.69. The van der Waals surface area contributed by atoms with Gasteiger partial charge >= 0.3 is 0 Å². The zero-order valence-corrected chi connectivity index (χ0v) is 4.44. The summed E-state index contributed by atoms with van der Waals surface area (Å²) < 4.78 is 0. The molecule has 0 saturated heterocycles. The average Bonchev–Trinajstić information content (AvgIpc) is 1.72. The second-order valence-corrected chi connectivity index (χ2v) is 1.35. The Morgan fingerprint density at radius 3 is 2.57 bits per heavy atom. The van der Waals surface area contributed by atoms with E-state index in [4.69, 9.17) is 11.8 Å². The topological polar surface area (TPSA) is 23.9 Å². The van der Waals surface area contributed by atoms with Gasteiger partial charge in [-0.3, -0.25) is 0 Å². The van der Waals surface area contributed by atoms with Gasteiger partial charge in [0.05, 0.1) is 5.92 Å². The lowest BCUT2D eigenvalue weighted by Crippen LogP contribution is -1.92. The molecule has 1 atom stereocenters. The largest absolute Gasteiger partial charge is 0.312 e. The van der Waals surface area contributed by atoms with Crippen molar-refractivity contribution in [1.82, 2.24) is 0 Å². The minimum absolute atomic E-state index is 0.0556. The van der Waals surface area contributed by atoms with Crippen LogP contribution in [0.3, 0.4) is 0 Å². The van der Waals surface area contributed by atoms with Gasteiger partial charge in [-0.25, -0.2) is 0 Å². The maximum Gasteiger partial charge on any atom is 0.0543 e. The summed E-state index contributed by atoms with van der Waals surface area (Å²) in [6.07, 6.45) is 7.16.